The molecule has 28 heavy (non-hydrogen) atoms. The lowest BCUT2D eigenvalue weighted by Crippen LogP contribution is -2.29. The molecule has 1 aliphatic rings. The Kier molecular flexibility index (Phi) is 5.56. The van der Waals surface area contributed by atoms with Crippen molar-refractivity contribution >= 4 is 62.9 Å². The molecule has 0 saturated carbocycles. The van der Waals surface area contributed by atoms with Crippen LogP contribution in [0, 0.1) is 10.1 Å². The van der Waals surface area contributed by atoms with Crippen LogP contribution in [0.1, 0.15) is 18.4 Å². The quantitative estimate of drug-likeness (QED) is 0.324. The lowest BCUT2D eigenvalue weighted by molar-refractivity contribution is -0.384. The van der Waals surface area contributed by atoms with Gasteiger partial charge in [0.05, 0.1) is 20.8 Å². The summed E-state index contributed by atoms with van der Waals surface area (Å²) in [6.07, 6.45) is 2.65. The molecule has 1 fully saturated rings. The van der Waals surface area contributed by atoms with E-state index in [-0.39, 0.29) is 50.8 Å². The number of aliphatic carboxylic acids is 1. The summed E-state index contributed by atoms with van der Waals surface area (Å²) in [6.45, 7) is 0.160. The Morgan fingerprint density at radius 1 is 1.39 bits per heavy atom. The second kappa shape index (κ2) is 7.90. The van der Waals surface area contributed by atoms with Crippen molar-refractivity contribution in [2.75, 3.05) is 6.54 Å². The van der Waals surface area contributed by atoms with Gasteiger partial charge in [0.1, 0.15) is 16.2 Å². The third kappa shape index (κ3) is 3.94. The molecular formula is C17H12N2O7S2. The molecule has 11 heteroatoms. The minimum Gasteiger partial charge on any atom is -0.481 e. The molecule has 1 N–H and O–H groups in total. The van der Waals surface area contributed by atoms with E-state index in [4.69, 9.17) is 21.7 Å². The molecule has 1 aliphatic heterocycles. The van der Waals surface area contributed by atoms with Crippen molar-refractivity contribution in [2.24, 2.45) is 0 Å². The molecule has 0 spiro atoms. The van der Waals surface area contributed by atoms with Gasteiger partial charge in [0.15, 0.2) is 5.43 Å². The van der Waals surface area contributed by atoms with E-state index >= 15 is 0 Å². The van der Waals surface area contributed by atoms with E-state index in [0.717, 1.165) is 17.8 Å². The number of hydrogen-bond acceptors (Lipinski definition) is 8. The first kappa shape index (κ1) is 19.7. The summed E-state index contributed by atoms with van der Waals surface area (Å²) in [5.41, 5.74) is -0.518. The van der Waals surface area contributed by atoms with Crippen LogP contribution in [0.2, 0.25) is 0 Å². The van der Waals surface area contributed by atoms with Gasteiger partial charge in [0.25, 0.3) is 11.6 Å². The summed E-state index contributed by atoms with van der Waals surface area (Å²) in [5.74, 6) is -1.40. The van der Waals surface area contributed by atoms with Gasteiger partial charge in [0.2, 0.25) is 0 Å². The molecule has 0 atom stereocenters. The topological polar surface area (TPSA) is 131 Å². The summed E-state index contributed by atoms with van der Waals surface area (Å²) in [5, 5.41) is 19.6. The average Bonchev–Trinajstić information content (AvgIpc) is 2.91. The predicted molar refractivity (Wildman–Crippen MR) is 106 cm³/mol. The summed E-state index contributed by atoms with van der Waals surface area (Å²) in [7, 11) is 0. The number of nitro benzene ring substituents is 1. The fraction of sp³-hybridized carbons (Fsp3) is 0.176. The van der Waals surface area contributed by atoms with Crippen molar-refractivity contribution in [3.8, 4) is 0 Å². The zero-order valence-corrected chi connectivity index (χ0v) is 15.7. The van der Waals surface area contributed by atoms with Crippen LogP contribution >= 0.6 is 24.0 Å². The molecule has 3 rings (SSSR count). The highest BCUT2D eigenvalue weighted by Gasteiger charge is 2.32. The first-order chi connectivity index (χ1) is 13.3. The zero-order chi connectivity index (χ0) is 20.4. The van der Waals surface area contributed by atoms with Crippen molar-refractivity contribution in [3.05, 3.63) is 55.3 Å². The van der Waals surface area contributed by atoms with Gasteiger partial charge in [-0.05, 0) is 18.6 Å². The molecule has 0 bridgehead atoms. The first-order valence-corrected chi connectivity index (χ1v) is 9.17. The number of thiocarbonyl (C=S) groups is 1. The van der Waals surface area contributed by atoms with Crippen molar-refractivity contribution in [1.29, 1.82) is 0 Å². The maximum atomic E-state index is 12.6. The van der Waals surface area contributed by atoms with Crippen LogP contribution < -0.4 is 5.43 Å². The van der Waals surface area contributed by atoms with Gasteiger partial charge in [-0.2, -0.15) is 0 Å². The molecular weight excluding hydrogens is 408 g/mol. The van der Waals surface area contributed by atoms with E-state index in [2.05, 4.69) is 0 Å². The molecule has 2 aromatic rings. The van der Waals surface area contributed by atoms with Crippen LogP contribution in [0.25, 0.3) is 17.0 Å². The predicted octanol–water partition coefficient (Wildman–Crippen LogP) is 2.77. The van der Waals surface area contributed by atoms with E-state index in [0.29, 0.717) is 0 Å². The Morgan fingerprint density at radius 2 is 2.14 bits per heavy atom. The number of non-ortho nitro benzene ring substituents is 1. The monoisotopic (exact) mass is 420 g/mol. The number of carboxylic acid groups (broad SMARTS) is 1. The van der Waals surface area contributed by atoms with Crippen molar-refractivity contribution in [2.45, 2.75) is 12.8 Å². The van der Waals surface area contributed by atoms with E-state index in [9.17, 15) is 24.5 Å². The van der Waals surface area contributed by atoms with Gasteiger partial charge in [-0.1, -0.05) is 24.0 Å². The highest BCUT2D eigenvalue weighted by Crippen LogP contribution is 2.32. The number of carboxylic acids is 1. The third-order valence-corrected chi connectivity index (χ3v) is 5.30. The van der Waals surface area contributed by atoms with Crippen molar-refractivity contribution in [3.63, 3.8) is 0 Å². The number of carbonyl (C=O) groups is 2. The molecule has 0 radical (unpaired) electrons. The van der Waals surface area contributed by atoms with Gasteiger partial charge in [-0.3, -0.25) is 29.4 Å². The Labute approximate surface area is 166 Å². The van der Waals surface area contributed by atoms with Crippen LogP contribution in [0.4, 0.5) is 5.69 Å². The molecule has 1 saturated heterocycles. The molecule has 1 amide bonds. The van der Waals surface area contributed by atoms with Gasteiger partial charge in [-0.25, -0.2) is 0 Å². The standard InChI is InChI=1S/C17H12N2O7S2/c20-14(21)2-1-5-18-16(23)13(28-17(18)27)6-9-8-26-12-4-3-10(19(24)25)7-11(12)15(9)22/h3-4,6-8H,1-2,5H2,(H,20,21). The van der Waals surface area contributed by atoms with E-state index in [1.54, 1.807) is 0 Å². The highest BCUT2D eigenvalue weighted by molar-refractivity contribution is 8.26. The summed E-state index contributed by atoms with van der Waals surface area (Å²) in [4.78, 5) is 47.5. The molecule has 1 aromatic heterocycles. The number of nitro groups is 1. The molecule has 2 heterocycles. The minimum absolute atomic E-state index is 0.0277. The minimum atomic E-state index is -0.969. The van der Waals surface area contributed by atoms with E-state index in [1.807, 2.05) is 0 Å². The van der Waals surface area contributed by atoms with Gasteiger partial charge in [0, 0.05) is 25.1 Å². The van der Waals surface area contributed by atoms with Crippen molar-refractivity contribution in [1.82, 2.24) is 4.90 Å². The summed E-state index contributed by atoms with van der Waals surface area (Å²) >= 11 is 6.14. The van der Waals surface area contributed by atoms with Crippen LogP contribution in [-0.2, 0) is 9.59 Å². The number of thioether (sulfide) groups is 1. The number of hydrogen-bond donors (Lipinski definition) is 1. The number of carbonyl (C=O) groups excluding carboxylic acids is 1. The van der Waals surface area contributed by atoms with E-state index < -0.39 is 22.2 Å². The maximum Gasteiger partial charge on any atom is 0.303 e. The first-order valence-electron chi connectivity index (χ1n) is 7.95. The summed E-state index contributed by atoms with van der Waals surface area (Å²) < 4.78 is 5.62. The van der Waals surface area contributed by atoms with Gasteiger partial charge in [-0.15, -0.1) is 0 Å². The zero-order valence-electron chi connectivity index (χ0n) is 14.1. The number of fused-ring (bicyclic) bond motifs is 1. The number of rotatable bonds is 6. The number of amides is 1. The molecule has 144 valence electrons. The summed E-state index contributed by atoms with van der Waals surface area (Å²) in [6, 6.07) is 3.68. The van der Waals surface area contributed by atoms with Crippen LogP contribution in [0.15, 0.2) is 38.6 Å². The number of nitrogens with zero attached hydrogens (tertiary/aromatic N) is 2. The fourth-order valence-corrected chi connectivity index (χ4v) is 3.87. The molecule has 0 aliphatic carbocycles. The largest absolute Gasteiger partial charge is 0.481 e. The Balaban J connectivity index is 1.91. The molecule has 0 unspecified atom stereocenters. The second-order valence-electron chi connectivity index (χ2n) is 5.79. The Hall–Kier alpha value is -3.05. The molecule has 1 aromatic carbocycles. The fourth-order valence-electron chi connectivity index (χ4n) is 2.57. The Bertz CT molecular complexity index is 1110. The van der Waals surface area contributed by atoms with Crippen LogP contribution in [0.3, 0.4) is 0 Å². The average molecular weight is 420 g/mol. The maximum absolute atomic E-state index is 12.6. The van der Waals surface area contributed by atoms with Crippen LogP contribution in [-0.4, -0.2) is 37.7 Å². The van der Waals surface area contributed by atoms with Crippen molar-refractivity contribution < 1.29 is 24.0 Å². The number of benzene rings is 1. The Morgan fingerprint density at radius 3 is 2.82 bits per heavy atom. The highest BCUT2D eigenvalue weighted by atomic mass is 32.2. The van der Waals surface area contributed by atoms with Gasteiger partial charge >= 0.3 is 5.97 Å². The smallest absolute Gasteiger partial charge is 0.303 e. The van der Waals surface area contributed by atoms with Crippen LogP contribution in [0.5, 0.6) is 0 Å². The van der Waals surface area contributed by atoms with Gasteiger partial charge < -0.3 is 9.52 Å². The third-order valence-electron chi connectivity index (χ3n) is 3.93. The lowest BCUT2D eigenvalue weighted by atomic mass is 10.1. The SMILES string of the molecule is O=C(O)CCCN1C(=O)C(=Cc2coc3ccc([N+](=O)[O-])cc3c2=O)SC1=S. The second-order valence-corrected chi connectivity index (χ2v) is 7.46. The lowest BCUT2D eigenvalue weighted by Gasteiger charge is -2.13. The molecule has 9 nitrogen and oxygen atoms in total. The van der Waals surface area contributed by atoms with E-state index in [1.165, 1.54) is 29.4 Å². The normalized spacial score (nSPS) is 15.6.